The van der Waals surface area contributed by atoms with Gasteiger partial charge in [-0.15, -0.1) is 5.10 Å². The van der Waals surface area contributed by atoms with Crippen LogP contribution in [-0.4, -0.2) is 38.8 Å². The van der Waals surface area contributed by atoms with E-state index in [0.29, 0.717) is 17.9 Å². The SMILES string of the molecule is COc1ccc(Cn2nnnc2C(c2cc3cc(C)cc(C)c3[nH]c2=O)N2CCc3ccccc32)cc1. The molecule has 1 unspecified atom stereocenters. The van der Waals surface area contributed by atoms with Gasteiger partial charge in [-0.1, -0.05) is 42.0 Å². The Morgan fingerprint density at radius 2 is 1.86 bits per heavy atom. The Morgan fingerprint density at radius 3 is 2.68 bits per heavy atom. The van der Waals surface area contributed by atoms with E-state index in [9.17, 15) is 4.79 Å². The number of aryl methyl sites for hydroxylation is 2. The third kappa shape index (κ3) is 4.14. The Balaban J connectivity index is 1.51. The van der Waals surface area contributed by atoms with Crippen LogP contribution in [0, 0.1) is 13.8 Å². The molecule has 0 fully saturated rings. The van der Waals surface area contributed by atoms with Crippen LogP contribution in [0.15, 0.2) is 71.5 Å². The lowest BCUT2D eigenvalue weighted by Gasteiger charge is -2.29. The lowest BCUT2D eigenvalue weighted by molar-refractivity contribution is 0.414. The Hall–Kier alpha value is -4.46. The van der Waals surface area contributed by atoms with Crippen molar-refractivity contribution in [1.29, 1.82) is 0 Å². The van der Waals surface area contributed by atoms with Crippen LogP contribution in [0.3, 0.4) is 0 Å². The summed E-state index contributed by atoms with van der Waals surface area (Å²) in [6.07, 6.45) is 0.899. The zero-order valence-corrected chi connectivity index (χ0v) is 21.1. The zero-order valence-electron chi connectivity index (χ0n) is 21.1. The van der Waals surface area contributed by atoms with Gasteiger partial charge in [-0.05, 0) is 83.1 Å². The molecule has 186 valence electrons. The van der Waals surface area contributed by atoms with Gasteiger partial charge in [0.25, 0.3) is 5.56 Å². The largest absolute Gasteiger partial charge is 0.497 e. The van der Waals surface area contributed by atoms with Gasteiger partial charge >= 0.3 is 0 Å². The molecule has 5 aromatic rings. The second-order valence-corrected chi connectivity index (χ2v) is 9.62. The molecule has 0 saturated carbocycles. The number of pyridine rings is 1. The minimum absolute atomic E-state index is 0.132. The van der Waals surface area contributed by atoms with Crippen molar-refractivity contribution < 1.29 is 4.74 Å². The van der Waals surface area contributed by atoms with Crippen molar-refractivity contribution in [3.05, 3.63) is 111 Å². The van der Waals surface area contributed by atoms with E-state index >= 15 is 0 Å². The monoisotopic (exact) mass is 492 g/mol. The van der Waals surface area contributed by atoms with Gasteiger partial charge in [0.05, 0.1) is 19.2 Å². The van der Waals surface area contributed by atoms with Crippen LogP contribution in [0.25, 0.3) is 10.9 Å². The van der Waals surface area contributed by atoms with Crippen molar-refractivity contribution in [1.82, 2.24) is 25.2 Å². The number of aromatic nitrogens is 5. The molecule has 0 radical (unpaired) electrons. The molecule has 0 amide bonds. The standard InChI is InChI=1S/C29H28N6O2/c1-18-14-19(2)26-22(15-18)16-24(29(36)30-26)27(34-13-12-21-6-4-5-7-25(21)34)28-31-32-33-35(28)17-20-8-10-23(37-3)11-9-20/h4-11,14-16,27H,12-13,17H2,1-3H3,(H,30,36). The van der Waals surface area contributed by atoms with Crippen LogP contribution in [-0.2, 0) is 13.0 Å². The van der Waals surface area contributed by atoms with Crippen molar-refractivity contribution in [3.8, 4) is 5.75 Å². The highest BCUT2D eigenvalue weighted by atomic mass is 16.5. The summed E-state index contributed by atoms with van der Waals surface area (Å²) in [5, 5.41) is 13.9. The Bertz CT molecular complexity index is 1650. The summed E-state index contributed by atoms with van der Waals surface area (Å²) in [5.41, 5.74) is 6.94. The lowest BCUT2D eigenvalue weighted by Crippen LogP contribution is -2.34. The molecule has 0 bridgehead atoms. The van der Waals surface area contributed by atoms with Crippen molar-refractivity contribution in [3.63, 3.8) is 0 Å². The van der Waals surface area contributed by atoms with Gasteiger partial charge < -0.3 is 14.6 Å². The molecule has 8 heteroatoms. The quantitative estimate of drug-likeness (QED) is 0.379. The van der Waals surface area contributed by atoms with E-state index in [1.165, 1.54) is 5.56 Å². The maximum absolute atomic E-state index is 13.6. The number of para-hydroxylation sites is 1. The molecular formula is C29H28N6O2. The van der Waals surface area contributed by atoms with Gasteiger partial charge in [0.2, 0.25) is 0 Å². The van der Waals surface area contributed by atoms with Crippen molar-refractivity contribution in [2.45, 2.75) is 32.9 Å². The Kier molecular flexibility index (Phi) is 5.71. The smallest absolute Gasteiger partial charge is 0.254 e. The summed E-state index contributed by atoms with van der Waals surface area (Å²) < 4.78 is 7.09. The molecule has 0 aliphatic carbocycles. The molecule has 3 heterocycles. The number of rotatable bonds is 6. The summed E-state index contributed by atoms with van der Waals surface area (Å²) >= 11 is 0. The molecule has 1 aliphatic rings. The summed E-state index contributed by atoms with van der Waals surface area (Å²) in [5.74, 6) is 1.42. The zero-order chi connectivity index (χ0) is 25.5. The molecule has 0 saturated heterocycles. The number of hydrogen-bond acceptors (Lipinski definition) is 6. The number of ether oxygens (including phenoxy) is 1. The molecular weight excluding hydrogens is 464 g/mol. The number of anilines is 1. The predicted octanol–water partition coefficient (Wildman–Crippen LogP) is 4.34. The molecule has 1 aliphatic heterocycles. The van der Waals surface area contributed by atoms with Crippen LogP contribution in [0.5, 0.6) is 5.75 Å². The van der Waals surface area contributed by atoms with E-state index in [-0.39, 0.29) is 5.56 Å². The molecule has 2 aromatic heterocycles. The molecule has 0 spiro atoms. The first kappa shape index (κ1) is 23.0. The number of nitrogens with one attached hydrogen (secondary N) is 1. The fraction of sp³-hybridized carbons (Fsp3) is 0.241. The van der Waals surface area contributed by atoms with Crippen LogP contribution in [0.2, 0.25) is 0 Å². The third-order valence-electron chi connectivity index (χ3n) is 7.15. The second kappa shape index (κ2) is 9.20. The van der Waals surface area contributed by atoms with Crippen molar-refractivity contribution in [2.75, 3.05) is 18.6 Å². The van der Waals surface area contributed by atoms with Crippen molar-refractivity contribution >= 4 is 16.6 Å². The van der Waals surface area contributed by atoms with Crippen molar-refractivity contribution in [2.24, 2.45) is 0 Å². The van der Waals surface area contributed by atoms with Gasteiger partial charge in [-0.25, -0.2) is 4.68 Å². The molecule has 3 aromatic carbocycles. The number of fused-ring (bicyclic) bond motifs is 2. The summed E-state index contributed by atoms with van der Waals surface area (Å²) in [6, 6.07) is 21.9. The lowest BCUT2D eigenvalue weighted by atomic mass is 10.0. The van der Waals surface area contributed by atoms with Crippen LogP contribution >= 0.6 is 0 Å². The first-order valence-electron chi connectivity index (χ1n) is 12.4. The number of nitrogens with zero attached hydrogens (tertiary/aromatic N) is 5. The molecule has 1 atom stereocenters. The number of tetrazole rings is 1. The highest BCUT2D eigenvalue weighted by Gasteiger charge is 2.34. The molecule has 1 N–H and O–H groups in total. The van der Waals surface area contributed by atoms with E-state index in [4.69, 9.17) is 4.74 Å². The van der Waals surface area contributed by atoms with E-state index in [1.807, 2.05) is 43.3 Å². The van der Waals surface area contributed by atoms with Crippen LogP contribution in [0.4, 0.5) is 5.69 Å². The molecule has 8 nitrogen and oxygen atoms in total. The molecule has 6 rings (SSSR count). The summed E-state index contributed by atoms with van der Waals surface area (Å²) in [7, 11) is 1.65. The minimum Gasteiger partial charge on any atom is -0.497 e. The predicted molar refractivity (Wildman–Crippen MR) is 143 cm³/mol. The minimum atomic E-state index is -0.453. The van der Waals surface area contributed by atoms with Gasteiger partial charge in [-0.3, -0.25) is 4.79 Å². The number of H-pyrrole nitrogens is 1. The maximum Gasteiger partial charge on any atom is 0.254 e. The van der Waals surface area contributed by atoms with E-state index in [0.717, 1.165) is 52.0 Å². The summed E-state index contributed by atoms with van der Waals surface area (Å²) in [4.78, 5) is 19.0. The van der Waals surface area contributed by atoms with Gasteiger partial charge in [-0.2, -0.15) is 0 Å². The molecule has 37 heavy (non-hydrogen) atoms. The van der Waals surface area contributed by atoms with Gasteiger partial charge in [0.15, 0.2) is 5.82 Å². The van der Waals surface area contributed by atoms with Crippen LogP contribution in [0.1, 0.15) is 39.7 Å². The second-order valence-electron chi connectivity index (χ2n) is 9.62. The van der Waals surface area contributed by atoms with E-state index in [2.05, 4.69) is 62.7 Å². The van der Waals surface area contributed by atoms with E-state index in [1.54, 1.807) is 11.8 Å². The maximum atomic E-state index is 13.6. The number of benzene rings is 3. The summed E-state index contributed by atoms with van der Waals surface area (Å²) in [6.45, 7) is 5.33. The number of aromatic amines is 1. The average molecular weight is 493 g/mol. The highest BCUT2D eigenvalue weighted by Crippen LogP contribution is 2.37. The average Bonchev–Trinajstić information content (AvgIpc) is 3.53. The van der Waals surface area contributed by atoms with E-state index < -0.39 is 6.04 Å². The topological polar surface area (TPSA) is 88.9 Å². The third-order valence-corrected chi connectivity index (χ3v) is 7.15. The first-order chi connectivity index (χ1) is 18.0. The Morgan fingerprint density at radius 1 is 1.05 bits per heavy atom. The van der Waals surface area contributed by atoms with Crippen LogP contribution < -0.4 is 15.2 Å². The van der Waals surface area contributed by atoms with Gasteiger partial charge in [0, 0.05) is 17.8 Å². The fourth-order valence-corrected chi connectivity index (χ4v) is 5.41. The Labute approximate surface area is 214 Å². The number of methoxy groups -OCH3 is 1. The first-order valence-corrected chi connectivity index (χ1v) is 12.4. The van der Waals surface area contributed by atoms with Gasteiger partial charge in [0.1, 0.15) is 11.8 Å². The highest BCUT2D eigenvalue weighted by molar-refractivity contribution is 5.83. The fourth-order valence-electron chi connectivity index (χ4n) is 5.41. The normalized spacial score (nSPS) is 13.6. The number of hydrogen-bond donors (Lipinski definition) is 1.